The first-order valence-electron chi connectivity index (χ1n) is 6.80. The molecule has 0 amide bonds. The number of ether oxygens (including phenoxy) is 1. The Labute approximate surface area is 119 Å². The van der Waals surface area contributed by atoms with Gasteiger partial charge in [0.2, 0.25) is 0 Å². The minimum Gasteiger partial charge on any atom is -0.494 e. The summed E-state index contributed by atoms with van der Waals surface area (Å²) in [4.78, 5) is 0. The molecule has 0 radical (unpaired) electrons. The lowest BCUT2D eigenvalue weighted by Gasteiger charge is -2.21. The SMILES string of the molecule is CCOc1cccc(CNCC(C)(O)c2ccco2)c1. The molecule has 1 atom stereocenters. The van der Waals surface area contributed by atoms with Crippen LogP contribution in [0.3, 0.4) is 0 Å². The van der Waals surface area contributed by atoms with Crippen molar-refractivity contribution in [2.45, 2.75) is 26.0 Å². The minimum absolute atomic E-state index is 0.416. The Kier molecular flexibility index (Phi) is 4.82. The molecule has 0 bridgehead atoms. The third-order valence-electron chi connectivity index (χ3n) is 3.06. The Balaban J connectivity index is 1.88. The molecule has 0 aliphatic heterocycles. The first kappa shape index (κ1) is 14.6. The van der Waals surface area contributed by atoms with E-state index in [-0.39, 0.29) is 0 Å². The Morgan fingerprint density at radius 1 is 1.30 bits per heavy atom. The van der Waals surface area contributed by atoms with Crippen molar-refractivity contribution in [3.63, 3.8) is 0 Å². The van der Waals surface area contributed by atoms with Crippen LogP contribution in [0.5, 0.6) is 5.75 Å². The van der Waals surface area contributed by atoms with Crippen molar-refractivity contribution in [2.75, 3.05) is 13.2 Å². The highest BCUT2D eigenvalue weighted by atomic mass is 16.5. The van der Waals surface area contributed by atoms with Crippen molar-refractivity contribution in [3.8, 4) is 5.75 Å². The molecular weight excluding hydrogens is 254 g/mol. The van der Waals surface area contributed by atoms with Crippen molar-refractivity contribution in [3.05, 3.63) is 54.0 Å². The summed E-state index contributed by atoms with van der Waals surface area (Å²) in [6.07, 6.45) is 1.56. The fourth-order valence-electron chi connectivity index (χ4n) is 2.03. The van der Waals surface area contributed by atoms with Gasteiger partial charge in [-0.2, -0.15) is 0 Å². The van der Waals surface area contributed by atoms with Crippen LogP contribution in [-0.2, 0) is 12.1 Å². The molecule has 4 nitrogen and oxygen atoms in total. The number of hydrogen-bond donors (Lipinski definition) is 2. The smallest absolute Gasteiger partial charge is 0.136 e. The molecule has 4 heteroatoms. The first-order valence-corrected chi connectivity index (χ1v) is 6.80. The second-order valence-electron chi connectivity index (χ2n) is 4.94. The van der Waals surface area contributed by atoms with Crippen LogP contribution in [0.25, 0.3) is 0 Å². The van der Waals surface area contributed by atoms with Crippen LogP contribution in [0.2, 0.25) is 0 Å². The second-order valence-corrected chi connectivity index (χ2v) is 4.94. The molecule has 108 valence electrons. The number of benzene rings is 1. The molecule has 0 saturated carbocycles. The number of furan rings is 1. The third-order valence-corrected chi connectivity index (χ3v) is 3.06. The van der Waals surface area contributed by atoms with Gasteiger partial charge in [0.05, 0.1) is 12.9 Å². The molecule has 1 aromatic carbocycles. The molecule has 2 rings (SSSR count). The first-order chi connectivity index (χ1) is 9.62. The van der Waals surface area contributed by atoms with Crippen LogP contribution in [0, 0.1) is 0 Å². The Morgan fingerprint density at radius 3 is 2.85 bits per heavy atom. The molecule has 20 heavy (non-hydrogen) atoms. The zero-order valence-corrected chi connectivity index (χ0v) is 11.9. The predicted octanol–water partition coefficient (Wildman–Crippen LogP) is 2.68. The quantitative estimate of drug-likeness (QED) is 0.815. The van der Waals surface area contributed by atoms with Crippen molar-refractivity contribution >= 4 is 0 Å². The van der Waals surface area contributed by atoms with Gasteiger partial charge >= 0.3 is 0 Å². The average Bonchev–Trinajstić information content (AvgIpc) is 2.94. The highest BCUT2D eigenvalue weighted by molar-refractivity contribution is 5.28. The number of rotatable bonds is 7. The normalized spacial score (nSPS) is 13.9. The molecule has 1 unspecified atom stereocenters. The minimum atomic E-state index is -1.01. The zero-order chi connectivity index (χ0) is 14.4. The van der Waals surface area contributed by atoms with Crippen LogP contribution in [0.4, 0.5) is 0 Å². The Bertz CT molecular complexity index is 520. The third kappa shape index (κ3) is 3.85. The highest BCUT2D eigenvalue weighted by Crippen LogP contribution is 2.20. The van der Waals surface area contributed by atoms with Crippen LogP contribution in [-0.4, -0.2) is 18.3 Å². The molecule has 0 fully saturated rings. The lowest BCUT2D eigenvalue weighted by atomic mass is 10.0. The molecule has 0 aliphatic carbocycles. The van der Waals surface area contributed by atoms with Gasteiger partial charge in [-0.15, -0.1) is 0 Å². The number of nitrogens with one attached hydrogen (secondary N) is 1. The van der Waals surface area contributed by atoms with E-state index in [4.69, 9.17) is 9.15 Å². The summed E-state index contributed by atoms with van der Waals surface area (Å²) in [5, 5.41) is 13.5. The molecular formula is C16H21NO3. The molecule has 2 aromatic rings. The lowest BCUT2D eigenvalue weighted by molar-refractivity contribution is 0.0340. The van der Waals surface area contributed by atoms with Gasteiger partial charge in [0.15, 0.2) is 0 Å². The van der Waals surface area contributed by atoms with E-state index < -0.39 is 5.60 Å². The molecule has 0 aliphatic rings. The van der Waals surface area contributed by atoms with Gasteiger partial charge in [-0.1, -0.05) is 12.1 Å². The van der Waals surface area contributed by atoms with E-state index in [2.05, 4.69) is 5.32 Å². The van der Waals surface area contributed by atoms with E-state index in [1.165, 1.54) is 0 Å². The molecule has 0 saturated heterocycles. The topological polar surface area (TPSA) is 54.6 Å². The summed E-state index contributed by atoms with van der Waals surface area (Å²) in [7, 11) is 0. The van der Waals surface area contributed by atoms with E-state index >= 15 is 0 Å². The maximum Gasteiger partial charge on any atom is 0.136 e. The summed E-state index contributed by atoms with van der Waals surface area (Å²) < 4.78 is 10.7. The fourth-order valence-corrected chi connectivity index (χ4v) is 2.03. The summed E-state index contributed by atoms with van der Waals surface area (Å²) in [6, 6.07) is 11.5. The maximum absolute atomic E-state index is 10.3. The number of aliphatic hydroxyl groups is 1. The van der Waals surface area contributed by atoms with Gasteiger partial charge in [0, 0.05) is 13.1 Å². The summed E-state index contributed by atoms with van der Waals surface area (Å²) in [5.41, 5.74) is 0.104. The van der Waals surface area contributed by atoms with E-state index in [1.807, 2.05) is 31.2 Å². The van der Waals surface area contributed by atoms with Gasteiger partial charge < -0.3 is 19.6 Å². The zero-order valence-electron chi connectivity index (χ0n) is 11.9. The van der Waals surface area contributed by atoms with Crippen molar-refractivity contribution in [1.29, 1.82) is 0 Å². The van der Waals surface area contributed by atoms with E-state index in [1.54, 1.807) is 25.3 Å². The Hall–Kier alpha value is -1.78. The standard InChI is InChI=1S/C16H21NO3/c1-3-19-14-7-4-6-13(10-14)11-17-12-16(2,18)15-8-5-9-20-15/h4-10,17-18H,3,11-12H2,1-2H3. The van der Waals surface area contributed by atoms with E-state index in [0.29, 0.717) is 25.5 Å². The van der Waals surface area contributed by atoms with Crippen molar-refractivity contribution in [1.82, 2.24) is 5.32 Å². The van der Waals surface area contributed by atoms with E-state index in [9.17, 15) is 5.11 Å². The van der Waals surface area contributed by atoms with Crippen LogP contribution in [0.1, 0.15) is 25.2 Å². The highest BCUT2D eigenvalue weighted by Gasteiger charge is 2.25. The van der Waals surface area contributed by atoms with Gasteiger partial charge in [-0.05, 0) is 43.7 Å². The molecule has 2 N–H and O–H groups in total. The van der Waals surface area contributed by atoms with Crippen molar-refractivity contribution < 1.29 is 14.3 Å². The largest absolute Gasteiger partial charge is 0.494 e. The average molecular weight is 275 g/mol. The monoisotopic (exact) mass is 275 g/mol. The maximum atomic E-state index is 10.3. The number of hydrogen-bond acceptors (Lipinski definition) is 4. The molecule has 1 aromatic heterocycles. The van der Waals surface area contributed by atoms with E-state index in [0.717, 1.165) is 11.3 Å². The predicted molar refractivity (Wildman–Crippen MR) is 77.6 cm³/mol. The fraction of sp³-hybridized carbons (Fsp3) is 0.375. The second kappa shape index (κ2) is 6.59. The molecule has 0 spiro atoms. The summed E-state index contributed by atoms with van der Waals surface area (Å²) in [5.74, 6) is 1.43. The molecule has 1 heterocycles. The van der Waals surface area contributed by atoms with Gasteiger partial charge in [0.1, 0.15) is 17.1 Å². The van der Waals surface area contributed by atoms with Crippen LogP contribution in [0.15, 0.2) is 47.1 Å². The van der Waals surface area contributed by atoms with Crippen LogP contribution < -0.4 is 10.1 Å². The summed E-state index contributed by atoms with van der Waals surface area (Å²) in [6.45, 7) is 5.43. The van der Waals surface area contributed by atoms with Gasteiger partial charge in [0.25, 0.3) is 0 Å². The lowest BCUT2D eigenvalue weighted by Crippen LogP contribution is -2.34. The van der Waals surface area contributed by atoms with Gasteiger partial charge in [-0.3, -0.25) is 0 Å². The summed E-state index contributed by atoms with van der Waals surface area (Å²) >= 11 is 0. The van der Waals surface area contributed by atoms with Gasteiger partial charge in [-0.25, -0.2) is 0 Å². The Morgan fingerprint density at radius 2 is 2.15 bits per heavy atom. The van der Waals surface area contributed by atoms with Crippen molar-refractivity contribution in [2.24, 2.45) is 0 Å². The van der Waals surface area contributed by atoms with Crippen LogP contribution >= 0.6 is 0 Å².